The van der Waals surface area contributed by atoms with Gasteiger partial charge in [-0.2, -0.15) is 0 Å². The number of hydrogen-bond donors (Lipinski definition) is 1. The predicted octanol–water partition coefficient (Wildman–Crippen LogP) is 3.68. The molecule has 0 aliphatic rings. The maximum atomic E-state index is 12.3. The Morgan fingerprint density at radius 3 is 2.62 bits per heavy atom. The Morgan fingerprint density at radius 2 is 1.92 bits per heavy atom. The SMILES string of the molecule is CC(C)(C)c1c(NC(=O)/C=C/c2ccccc2)nn2cccnc12. The van der Waals surface area contributed by atoms with Crippen LogP contribution in [-0.2, 0) is 10.2 Å². The summed E-state index contributed by atoms with van der Waals surface area (Å²) in [6.07, 6.45) is 6.85. The molecule has 0 saturated heterocycles. The van der Waals surface area contributed by atoms with Crippen LogP contribution in [0.25, 0.3) is 11.7 Å². The van der Waals surface area contributed by atoms with Crippen molar-refractivity contribution >= 4 is 23.4 Å². The van der Waals surface area contributed by atoms with Gasteiger partial charge >= 0.3 is 0 Å². The molecule has 0 bridgehead atoms. The summed E-state index contributed by atoms with van der Waals surface area (Å²) >= 11 is 0. The van der Waals surface area contributed by atoms with Crippen molar-refractivity contribution in [3.05, 3.63) is 66.0 Å². The zero-order chi connectivity index (χ0) is 17.2. The molecule has 0 aliphatic carbocycles. The van der Waals surface area contributed by atoms with E-state index in [4.69, 9.17) is 0 Å². The minimum atomic E-state index is -0.215. The van der Waals surface area contributed by atoms with Crippen LogP contribution in [0.2, 0.25) is 0 Å². The van der Waals surface area contributed by atoms with Crippen molar-refractivity contribution in [2.45, 2.75) is 26.2 Å². The van der Waals surface area contributed by atoms with Gasteiger partial charge in [-0.15, -0.1) is 5.10 Å². The molecular weight excluding hydrogens is 300 g/mol. The lowest BCUT2D eigenvalue weighted by Gasteiger charge is -2.18. The summed E-state index contributed by atoms with van der Waals surface area (Å²) in [5, 5.41) is 7.34. The van der Waals surface area contributed by atoms with E-state index in [9.17, 15) is 4.79 Å². The van der Waals surface area contributed by atoms with E-state index in [0.29, 0.717) is 5.82 Å². The number of carbonyl (C=O) groups excluding carboxylic acids is 1. The first-order valence-electron chi connectivity index (χ1n) is 7.83. The van der Waals surface area contributed by atoms with Gasteiger partial charge in [0.1, 0.15) is 0 Å². The lowest BCUT2D eigenvalue weighted by atomic mass is 9.88. The van der Waals surface area contributed by atoms with Crippen molar-refractivity contribution in [3.63, 3.8) is 0 Å². The van der Waals surface area contributed by atoms with Crippen LogP contribution in [-0.4, -0.2) is 20.5 Å². The van der Waals surface area contributed by atoms with Gasteiger partial charge in [-0.1, -0.05) is 51.1 Å². The second-order valence-electron chi connectivity index (χ2n) is 6.59. The molecule has 1 amide bonds. The summed E-state index contributed by atoms with van der Waals surface area (Å²) in [4.78, 5) is 16.7. The van der Waals surface area contributed by atoms with Crippen LogP contribution < -0.4 is 5.32 Å². The maximum Gasteiger partial charge on any atom is 0.249 e. The first-order valence-corrected chi connectivity index (χ1v) is 7.83. The lowest BCUT2D eigenvalue weighted by Crippen LogP contribution is -2.17. The van der Waals surface area contributed by atoms with Crippen molar-refractivity contribution in [2.24, 2.45) is 0 Å². The Labute approximate surface area is 141 Å². The standard InChI is InChI=1S/C19H20N4O/c1-19(2,3)16-17(22-23-13-7-12-20-18(16)23)21-15(24)11-10-14-8-5-4-6-9-14/h4-13H,1-3H3,(H,21,22,24)/b11-10+. The molecule has 3 rings (SSSR count). The average molecular weight is 320 g/mol. The van der Waals surface area contributed by atoms with Crippen molar-refractivity contribution in [3.8, 4) is 0 Å². The van der Waals surface area contributed by atoms with E-state index in [1.54, 1.807) is 16.8 Å². The van der Waals surface area contributed by atoms with Gasteiger partial charge in [0, 0.05) is 24.0 Å². The number of carbonyl (C=O) groups is 1. The molecule has 0 unspecified atom stereocenters. The molecule has 1 aromatic carbocycles. The van der Waals surface area contributed by atoms with Crippen LogP contribution in [0.1, 0.15) is 31.9 Å². The predicted molar refractivity (Wildman–Crippen MR) is 95.8 cm³/mol. The molecule has 1 N–H and O–H groups in total. The molecule has 5 nitrogen and oxygen atoms in total. The first kappa shape index (κ1) is 15.9. The van der Waals surface area contributed by atoms with Crippen LogP contribution >= 0.6 is 0 Å². The summed E-state index contributed by atoms with van der Waals surface area (Å²) < 4.78 is 1.69. The zero-order valence-corrected chi connectivity index (χ0v) is 14.0. The van der Waals surface area contributed by atoms with Crippen LogP contribution in [0.3, 0.4) is 0 Å². The number of aromatic nitrogens is 3. The fraction of sp³-hybridized carbons (Fsp3) is 0.211. The van der Waals surface area contributed by atoms with Gasteiger partial charge in [0.25, 0.3) is 0 Å². The highest BCUT2D eigenvalue weighted by Crippen LogP contribution is 2.32. The summed E-state index contributed by atoms with van der Waals surface area (Å²) in [6, 6.07) is 11.5. The third-order valence-corrected chi connectivity index (χ3v) is 3.61. The Bertz CT molecular complexity index is 889. The van der Waals surface area contributed by atoms with E-state index in [-0.39, 0.29) is 11.3 Å². The molecule has 0 atom stereocenters. The number of fused-ring (bicyclic) bond motifs is 1. The number of anilines is 1. The van der Waals surface area contributed by atoms with E-state index in [2.05, 4.69) is 36.2 Å². The first-order chi connectivity index (χ1) is 11.4. The minimum absolute atomic E-state index is 0.193. The van der Waals surface area contributed by atoms with E-state index < -0.39 is 0 Å². The Hall–Kier alpha value is -2.95. The monoisotopic (exact) mass is 320 g/mol. The number of amides is 1. The van der Waals surface area contributed by atoms with E-state index in [0.717, 1.165) is 16.8 Å². The molecule has 0 radical (unpaired) electrons. The summed E-state index contributed by atoms with van der Waals surface area (Å²) in [6.45, 7) is 6.23. The summed E-state index contributed by atoms with van der Waals surface area (Å²) in [5.41, 5.74) is 2.46. The fourth-order valence-corrected chi connectivity index (χ4v) is 2.56. The molecule has 0 fully saturated rings. The smallest absolute Gasteiger partial charge is 0.249 e. The highest BCUT2D eigenvalue weighted by molar-refractivity contribution is 6.02. The van der Waals surface area contributed by atoms with Gasteiger partial charge in [-0.3, -0.25) is 4.79 Å². The topological polar surface area (TPSA) is 59.3 Å². The van der Waals surface area contributed by atoms with Crippen LogP contribution in [0.5, 0.6) is 0 Å². The number of benzene rings is 1. The van der Waals surface area contributed by atoms with Gasteiger partial charge < -0.3 is 5.32 Å². The third kappa shape index (κ3) is 3.35. The molecule has 0 saturated carbocycles. The molecule has 2 heterocycles. The van der Waals surface area contributed by atoms with Gasteiger partial charge in [-0.05, 0) is 23.1 Å². The van der Waals surface area contributed by atoms with Crippen LogP contribution in [0.4, 0.5) is 5.82 Å². The second kappa shape index (κ2) is 6.28. The van der Waals surface area contributed by atoms with Gasteiger partial charge in [0.05, 0.1) is 0 Å². The highest BCUT2D eigenvalue weighted by Gasteiger charge is 2.26. The third-order valence-electron chi connectivity index (χ3n) is 3.61. The molecule has 3 aromatic rings. The second-order valence-corrected chi connectivity index (χ2v) is 6.59. The van der Waals surface area contributed by atoms with Gasteiger partial charge in [-0.25, -0.2) is 9.50 Å². The van der Waals surface area contributed by atoms with Crippen molar-refractivity contribution in [1.29, 1.82) is 0 Å². The maximum absolute atomic E-state index is 12.3. The van der Waals surface area contributed by atoms with Crippen molar-refractivity contribution in [1.82, 2.24) is 14.6 Å². The quantitative estimate of drug-likeness (QED) is 0.749. The highest BCUT2D eigenvalue weighted by atomic mass is 16.1. The summed E-state index contributed by atoms with van der Waals surface area (Å²) in [7, 11) is 0. The van der Waals surface area contributed by atoms with Crippen molar-refractivity contribution < 1.29 is 4.79 Å². The number of hydrogen-bond acceptors (Lipinski definition) is 3. The molecule has 2 aromatic heterocycles. The molecule has 0 aliphatic heterocycles. The molecular formula is C19H20N4O. The zero-order valence-electron chi connectivity index (χ0n) is 14.0. The molecule has 122 valence electrons. The van der Waals surface area contributed by atoms with E-state index in [1.165, 1.54) is 6.08 Å². The van der Waals surface area contributed by atoms with Crippen LogP contribution in [0, 0.1) is 0 Å². The Balaban J connectivity index is 1.90. The van der Waals surface area contributed by atoms with Gasteiger partial charge in [0.15, 0.2) is 11.5 Å². The van der Waals surface area contributed by atoms with E-state index in [1.807, 2.05) is 42.6 Å². The van der Waals surface area contributed by atoms with Crippen molar-refractivity contribution in [2.75, 3.05) is 5.32 Å². The number of nitrogens with zero attached hydrogens (tertiary/aromatic N) is 3. The normalized spacial score (nSPS) is 12.0. The molecule has 0 spiro atoms. The minimum Gasteiger partial charge on any atom is -0.305 e. The molecule has 5 heteroatoms. The van der Waals surface area contributed by atoms with E-state index >= 15 is 0 Å². The number of rotatable bonds is 3. The summed E-state index contributed by atoms with van der Waals surface area (Å²) in [5.74, 6) is 0.330. The fourth-order valence-electron chi connectivity index (χ4n) is 2.56. The Morgan fingerprint density at radius 1 is 1.17 bits per heavy atom. The van der Waals surface area contributed by atoms with Gasteiger partial charge in [0.2, 0.25) is 5.91 Å². The average Bonchev–Trinajstić information content (AvgIpc) is 2.91. The van der Waals surface area contributed by atoms with Crippen LogP contribution in [0.15, 0.2) is 54.9 Å². The largest absolute Gasteiger partial charge is 0.305 e. The molecule has 24 heavy (non-hydrogen) atoms. The Kier molecular flexibility index (Phi) is 4.16. The lowest BCUT2D eigenvalue weighted by molar-refractivity contribution is -0.111. The number of nitrogens with one attached hydrogen (secondary N) is 1.